The lowest BCUT2D eigenvalue weighted by molar-refractivity contribution is 0.259. The van der Waals surface area contributed by atoms with E-state index in [2.05, 4.69) is 67.5 Å². The Labute approximate surface area is 131 Å². The predicted molar refractivity (Wildman–Crippen MR) is 89.6 cm³/mol. The molecule has 1 aromatic carbocycles. The van der Waals surface area contributed by atoms with Crippen LogP contribution in [-0.4, -0.2) is 17.2 Å². The first-order chi connectivity index (χ1) is 9.91. The molecule has 4 heteroatoms. The quantitative estimate of drug-likeness (QED) is 0.904. The smallest absolute Gasteiger partial charge is 0.139 e. The Bertz CT molecular complexity index is 557. The highest BCUT2D eigenvalue weighted by Gasteiger charge is 2.23. The molecule has 0 aliphatic heterocycles. The summed E-state index contributed by atoms with van der Waals surface area (Å²) in [7, 11) is 1.97. The number of hydrogen-bond donors (Lipinski definition) is 1. The van der Waals surface area contributed by atoms with E-state index in [1.54, 1.807) is 11.3 Å². The average Bonchev–Trinajstić information content (AvgIpc) is 2.88. The molecule has 0 fully saturated rings. The number of rotatable bonds is 5. The molecule has 1 aromatic heterocycles. The molecule has 1 heterocycles. The molecule has 2 unspecified atom stereocenters. The van der Waals surface area contributed by atoms with Crippen molar-refractivity contribution in [2.75, 3.05) is 7.05 Å². The fourth-order valence-corrected chi connectivity index (χ4v) is 3.22. The predicted octanol–water partition coefficient (Wildman–Crippen LogP) is 4.07. The molecule has 0 amide bonds. The Balaban J connectivity index is 2.15. The molecule has 0 bridgehead atoms. The molecule has 0 aliphatic carbocycles. The van der Waals surface area contributed by atoms with Gasteiger partial charge in [-0.05, 0) is 23.9 Å². The Morgan fingerprint density at radius 1 is 1.14 bits per heavy atom. The zero-order valence-electron chi connectivity index (χ0n) is 13.6. The van der Waals surface area contributed by atoms with Crippen LogP contribution in [0.1, 0.15) is 49.3 Å². The Morgan fingerprint density at radius 2 is 1.81 bits per heavy atom. The van der Waals surface area contributed by atoms with Crippen molar-refractivity contribution < 1.29 is 0 Å². The van der Waals surface area contributed by atoms with Crippen LogP contribution < -0.4 is 5.32 Å². The summed E-state index contributed by atoms with van der Waals surface area (Å²) in [5, 5.41) is 14.3. The second-order valence-corrected chi connectivity index (χ2v) is 7.73. The zero-order chi connectivity index (χ0) is 15.5. The van der Waals surface area contributed by atoms with Gasteiger partial charge in [0.15, 0.2) is 0 Å². The van der Waals surface area contributed by atoms with Crippen molar-refractivity contribution in [3.8, 4) is 0 Å². The van der Waals surface area contributed by atoms with Gasteiger partial charge >= 0.3 is 0 Å². The van der Waals surface area contributed by atoms with Gasteiger partial charge in [-0.1, -0.05) is 69.4 Å². The summed E-state index contributed by atoms with van der Waals surface area (Å²) in [4.78, 5) is 0. The van der Waals surface area contributed by atoms with Crippen LogP contribution in [0.25, 0.3) is 0 Å². The van der Waals surface area contributed by atoms with Crippen molar-refractivity contribution in [2.24, 2.45) is 11.3 Å². The van der Waals surface area contributed by atoms with Crippen LogP contribution in [0.4, 0.5) is 0 Å². The third-order valence-electron chi connectivity index (χ3n) is 4.11. The highest BCUT2D eigenvalue weighted by molar-refractivity contribution is 7.11. The third kappa shape index (κ3) is 4.11. The molecule has 0 saturated heterocycles. The lowest BCUT2D eigenvalue weighted by atomic mass is 9.80. The summed E-state index contributed by atoms with van der Waals surface area (Å²) in [5.41, 5.74) is 1.53. The molecular formula is C17H25N3S. The van der Waals surface area contributed by atoms with Crippen LogP contribution in [0.5, 0.6) is 0 Å². The van der Waals surface area contributed by atoms with Crippen molar-refractivity contribution >= 4 is 11.3 Å². The van der Waals surface area contributed by atoms with Crippen LogP contribution >= 0.6 is 11.3 Å². The fraction of sp³-hybridized carbons (Fsp3) is 0.529. The van der Waals surface area contributed by atoms with E-state index in [1.165, 1.54) is 5.56 Å². The molecule has 2 aromatic rings. The minimum atomic E-state index is 0.127. The van der Waals surface area contributed by atoms with Gasteiger partial charge in [0, 0.05) is 6.42 Å². The summed E-state index contributed by atoms with van der Waals surface area (Å²) in [5.74, 6) is 0.586. The van der Waals surface area contributed by atoms with E-state index in [1.807, 2.05) is 13.1 Å². The van der Waals surface area contributed by atoms with Crippen molar-refractivity contribution in [3.05, 3.63) is 45.9 Å². The fourth-order valence-electron chi connectivity index (χ4n) is 2.11. The first-order valence-corrected chi connectivity index (χ1v) is 8.28. The van der Waals surface area contributed by atoms with Crippen LogP contribution in [0, 0.1) is 11.3 Å². The van der Waals surface area contributed by atoms with E-state index in [9.17, 15) is 0 Å². The first kappa shape index (κ1) is 16.1. The summed E-state index contributed by atoms with van der Waals surface area (Å²) in [6, 6.07) is 10.5. The summed E-state index contributed by atoms with van der Waals surface area (Å²) >= 11 is 1.72. The molecule has 0 saturated carbocycles. The molecule has 0 spiro atoms. The van der Waals surface area contributed by atoms with Crippen LogP contribution in [0.15, 0.2) is 30.3 Å². The van der Waals surface area contributed by atoms with E-state index >= 15 is 0 Å². The number of benzene rings is 1. The molecule has 2 atom stereocenters. The number of aromatic nitrogens is 2. The molecule has 114 valence electrons. The molecule has 3 nitrogen and oxygen atoms in total. The van der Waals surface area contributed by atoms with E-state index in [0.717, 1.165) is 16.4 Å². The van der Waals surface area contributed by atoms with Gasteiger partial charge < -0.3 is 5.32 Å². The Hall–Kier alpha value is -1.26. The highest BCUT2D eigenvalue weighted by atomic mass is 32.1. The maximum atomic E-state index is 4.40. The van der Waals surface area contributed by atoms with Crippen molar-refractivity contribution in [1.82, 2.24) is 15.5 Å². The monoisotopic (exact) mass is 303 g/mol. The maximum absolute atomic E-state index is 4.40. The van der Waals surface area contributed by atoms with E-state index in [4.69, 9.17) is 0 Å². The molecular weight excluding hydrogens is 278 g/mol. The largest absolute Gasteiger partial charge is 0.307 e. The summed E-state index contributed by atoms with van der Waals surface area (Å²) < 4.78 is 0. The average molecular weight is 303 g/mol. The lowest BCUT2D eigenvalue weighted by Gasteiger charge is -2.26. The van der Waals surface area contributed by atoms with Gasteiger partial charge in [-0.3, -0.25) is 0 Å². The first-order valence-electron chi connectivity index (χ1n) is 7.46. The SMILES string of the molecule is CNC(c1ccccc1)c1nnc(CC(C)C(C)(C)C)s1. The number of hydrogen-bond acceptors (Lipinski definition) is 4. The van der Waals surface area contributed by atoms with Gasteiger partial charge in [-0.2, -0.15) is 0 Å². The van der Waals surface area contributed by atoms with Crippen LogP contribution in [0.2, 0.25) is 0 Å². The van der Waals surface area contributed by atoms with E-state index in [-0.39, 0.29) is 6.04 Å². The topological polar surface area (TPSA) is 37.8 Å². The summed E-state index contributed by atoms with van der Waals surface area (Å²) in [6.45, 7) is 9.12. The van der Waals surface area contributed by atoms with E-state index in [0.29, 0.717) is 11.3 Å². The highest BCUT2D eigenvalue weighted by Crippen LogP contribution is 2.31. The van der Waals surface area contributed by atoms with E-state index < -0.39 is 0 Å². The second kappa shape index (κ2) is 6.67. The lowest BCUT2D eigenvalue weighted by Crippen LogP contribution is -2.19. The second-order valence-electron chi connectivity index (χ2n) is 6.64. The molecule has 0 aliphatic rings. The van der Waals surface area contributed by atoms with Crippen molar-refractivity contribution in [1.29, 1.82) is 0 Å². The van der Waals surface area contributed by atoms with Gasteiger partial charge in [-0.25, -0.2) is 0 Å². The minimum absolute atomic E-state index is 0.127. The minimum Gasteiger partial charge on any atom is -0.307 e. The van der Waals surface area contributed by atoms with Gasteiger partial charge in [0.25, 0.3) is 0 Å². The Morgan fingerprint density at radius 3 is 2.38 bits per heavy atom. The van der Waals surface area contributed by atoms with Gasteiger partial charge in [0.1, 0.15) is 10.0 Å². The van der Waals surface area contributed by atoms with Crippen LogP contribution in [0.3, 0.4) is 0 Å². The maximum Gasteiger partial charge on any atom is 0.139 e. The van der Waals surface area contributed by atoms with Gasteiger partial charge in [-0.15, -0.1) is 10.2 Å². The molecule has 0 radical (unpaired) electrons. The Kier molecular flexibility index (Phi) is 5.12. The number of nitrogens with one attached hydrogen (secondary N) is 1. The van der Waals surface area contributed by atoms with Gasteiger partial charge in [0.2, 0.25) is 0 Å². The van der Waals surface area contributed by atoms with Crippen molar-refractivity contribution in [3.63, 3.8) is 0 Å². The van der Waals surface area contributed by atoms with Gasteiger partial charge in [0.05, 0.1) is 6.04 Å². The molecule has 1 N–H and O–H groups in total. The summed E-state index contributed by atoms with van der Waals surface area (Å²) in [6.07, 6.45) is 0.992. The third-order valence-corrected chi connectivity index (χ3v) is 5.12. The van der Waals surface area contributed by atoms with Crippen molar-refractivity contribution in [2.45, 2.75) is 40.2 Å². The number of nitrogens with zero attached hydrogens (tertiary/aromatic N) is 2. The van der Waals surface area contributed by atoms with Crippen LogP contribution in [-0.2, 0) is 6.42 Å². The molecule has 2 rings (SSSR count). The molecule has 21 heavy (non-hydrogen) atoms. The standard InChI is InChI=1S/C17H25N3S/c1-12(17(2,3)4)11-14-19-20-16(21-14)15(18-5)13-9-7-6-8-10-13/h6-10,12,15,18H,11H2,1-5H3. The zero-order valence-corrected chi connectivity index (χ0v) is 14.4. The normalized spacial score (nSPS) is 14.9.